The fraction of sp³-hybridized carbons (Fsp3) is 0.615. The number of aromatic nitrogens is 2. The van der Waals surface area contributed by atoms with Crippen molar-refractivity contribution in [2.75, 3.05) is 6.54 Å². The van der Waals surface area contributed by atoms with Gasteiger partial charge in [0.1, 0.15) is 0 Å². The summed E-state index contributed by atoms with van der Waals surface area (Å²) in [7, 11) is 0. The topological polar surface area (TPSA) is 29.9 Å². The van der Waals surface area contributed by atoms with E-state index >= 15 is 0 Å². The minimum atomic E-state index is 0.437. The minimum Gasteiger partial charge on any atom is -0.310 e. The summed E-state index contributed by atoms with van der Waals surface area (Å²) in [6.07, 6.45) is 8.93. The largest absolute Gasteiger partial charge is 0.310 e. The standard InChI is InChI=1S/C13H21N3/c1-10(2)16-9-12(8-15-16)6-11(3)7-14-13-4-5-13/h6,8-10,13-14H,4-5,7H2,1-3H3/b11-6-. The van der Waals surface area contributed by atoms with Gasteiger partial charge in [-0.25, -0.2) is 0 Å². The van der Waals surface area contributed by atoms with E-state index in [1.54, 1.807) is 0 Å². The molecule has 3 heteroatoms. The average molecular weight is 219 g/mol. The Balaban J connectivity index is 1.91. The first-order chi connectivity index (χ1) is 7.65. The lowest BCUT2D eigenvalue weighted by atomic mass is 10.2. The van der Waals surface area contributed by atoms with Crippen molar-refractivity contribution in [3.05, 3.63) is 23.5 Å². The second-order valence-corrected chi connectivity index (χ2v) is 4.99. The van der Waals surface area contributed by atoms with Crippen LogP contribution in [-0.2, 0) is 0 Å². The van der Waals surface area contributed by atoms with E-state index in [0.29, 0.717) is 6.04 Å². The normalized spacial score (nSPS) is 17.1. The molecule has 3 nitrogen and oxygen atoms in total. The van der Waals surface area contributed by atoms with Gasteiger partial charge in [0, 0.05) is 30.4 Å². The van der Waals surface area contributed by atoms with Crippen molar-refractivity contribution in [3.8, 4) is 0 Å². The van der Waals surface area contributed by atoms with Crippen molar-refractivity contribution in [3.63, 3.8) is 0 Å². The van der Waals surface area contributed by atoms with Crippen LogP contribution in [0.5, 0.6) is 0 Å². The van der Waals surface area contributed by atoms with Crippen LogP contribution in [0.1, 0.15) is 45.2 Å². The number of hydrogen-bond donors (Lipinski definition) is 1. The highest BCUT2D eigenvalue weighted by Gasteiger charge is 2.19. The molecule has 88 valence electrons. The summed E-state index contributed by atoms with van der Waals surface area (Å²) in [6.45, 7) is 7.45. The molecule has 0 aromatic carbocycles. The Morgan fingerprint density at radius 2 is 2.38 bits per heavy atom. The van der Waals surface area contributed by atoms with Gasteiger partial charge < -0.3 is 5.32 Å². The van der Waals surface area contributed by atoms with Crippen LogP contribution >= 0.6 is 0 Å². The number of nitrogens with zero attached hydrogens (tertiary/aromatic N) is 2. The first-order valence-corrected chi connectivity index (χ1v) is 6.10. The van der Waals surface area contributed by atoms with E-state index in [1.807, 2.05) is 10.9 Å². The maximum atomic E-state index is 4.33. The van der Waals surface area contributed by atoms with Crippen LogP contribution < -0.4 is 5.32 Å². The second kappa shape index (κ2) is 4.83. The fourth-order valence-electron chi connectivity index (χ4n) is 1.64. The van der Waals surface area contributed by atoms with Crippen molar-refractivity contribution in [1.29, 1.82) is 0 Å². The van der Waals surface area contributed by atoms with Crippen LogP contribution in [0, 0.1) is 0 Å². The first-order valence-electron chi connectivity index (χ1n) is 6.10. The molecule has 0 aliphatic heterocycles. The van der Waals surface area contributed by atoms with Crippen LogP contribution in [0.4, 0.5) is 0 Å². The molecule has 1 aliphatic carbocycles. The molecular formula is C13H21N3. The Morgan fingerprint density at radius 1 is 1.62 bits per heavy atom. The number of nitrogens with one attached hydrogen (secondary N) is 1. The Kier molecular flexibility index (Phi) is 3.44. The molecule has 0 amide bonds. The van der Waals surface area contributed by atoms with Gasteiger partial charge in [-0.05, 0) is 33.6 Å². The molecule has 1 N–H and O–H groups in total. The lowest BCUT2D eigenvalue weighted by Gasteiger charge is -2.03. The van der Waals surface area contributed by atoms with Gasteiger partial charge in [-0.3, -0.25) is 4.68 Å². The van der Waals surface area contributed by atoms with Gasteiger partial charge in [0.25, 0.3) is 0 Å². The van der Waals surface area contributed by atoms with E-state index in [9.17, 15) is 0 Å². The molecule has 1 fully saturated rings. The van der Waals surface area contributed by atoms with Gasteiger partial charge in [-0.15, -0.1) is 0 Å². The summed E-state index contributed by atoms with van der Waals surface area (Å²) in [5.41, 5.74) is 2.57. The molecule has 0 atom stereocenters. The van der Waals surface area contributed by atoms with E-state index in [0.717, 1.165) is 12.6 Å². The highest BCUT2D eigenvalue weighted by atomic mass is 15.3. The van der Waals surface area contributed by atoms with E-state index in [4.69, 9.17) is 0 Å². The summed E-state index contributed by atoms with van der Waals surface area (Å²) in [5, 5.41) is 7.84. The Bertz CT molecular complexity index is 372. The monoisotopic (exact) mass is 219 g/mol. The van der Waals surface area contributed by atoms with Crippen molar-refractivity contribution in [1.82, 2.24) is 15.1 Å². The molecule has 1 aromatic rings. The van der Waals surface area contributed by atoms with Gasteiger partial charge >= 0.3 is 0 Å². The van der Waals surface area contributed by atoms with Gasteiger partial charge in [-0.1, -0.05) is 11.6 Å². The fourth-order valence-corrected chi connectivity index (χ4v) is 1.64. The molecule has 2 rings (SSSR count). The predicted molar refractivity (Wildman–Crippen MR) is 67.3 cm³/mol. The zero-order chi connectivity index (χ0) is 11.5. The summed E-state index contributed by atoms with van der Waals surface area (Å²) < 4.78 is 1.99. The first kappa shape index (κ1) is 11.4. The van der Waals surface area contributed by atoms with Gasteiger partial charge in [0.05, 0.1) is 6.20 Å². The molecule has 0 radical (unpaired) electrons. The quantitative estimate of drug-likeness (QED) is 0.825. The third-order valence-electron chi connectivity index (χ3n) is 2.81. The minimum absolute atomic E-state index is 0.437. The van der Waals surface area contributed by atoms with E-state index in [1.165, 1.54) is 24.0 Å². The summed E-state index contributed by atoms with van der Waals surface area (Å²) in [6, 6.07) is 1.22. The van der Waals surface area contributed by atoms with Crippen molar-refractivity contribution in [2.24, 2.45) is 0 Å². The number of rotatable bonds is 5. The number of hydrogen-bond acceptors (Lipinski definition) is 2. The lowest BCUT2D eigenvalue weighted by molar-refractivity contribution is 0.532. The van der Waals surface area contributed by atoms with Crippen LogP contribution in [0.3, 0.4) is 0 Å². The highest BCUT2D eigenvalue weighted by Crippen LogP contribution is 2.19. The SMILES string of the molecule is C/C(=C/c1cnn(C(C)C)c1)CNC1CC1. The molecule has 16 heavy (non-hydrogen) atoms. The van der Waals surface area contributed by atoms with E-state index < -0.39 is 0 Å². The van der Waals surface area contributed by atoms with Crippen molar-refractivity contribution < 1.29 is 0 Å². The molecule has 0 bridgehead atoms. The molecule has 1 heterocycles. The molecular weight excluding hydrogens is 198 g/mol. The molecule has 1 saturated carbocycles. The molecule has 0 saturated heterocycles. The molecule has 1 aliphatic rings. The van der Waals surface area contributed by atoms with Crippen LogP contribution in [-0.4, -0.2) is 22.4 Å². The smallest absolute Gasteiger partial charge is 0.0562 e. The Hall–Kier alpha value is -1.09. The molecule has 1 aromatic heterocycles. The second-order valence-electron chi connectivity index (χ2n) is 4.99. The van der Waals surface area contributed by atoms with Crippen LogP contribution in [0.25, 0.3) is 6.08 Å². The summed E-state index contributed by atoms with van der Waals surface area (Å²) >= 11 is 0. The third-order valence-corrected chi connectivity index (χ3v) is 2.81. The maximum Gasteiger partial charge on any atom is 0.0562 e. The van der Waals surface area contributed by atoms with Gasteiger partial charge in [0.15, 0.2) is 0 Å². The predicted octanol–water partition coefficient (Wildman–Crippen LogP) is 2.62. The zero-order valence-electron chi connectivity index (χ0n) is 10.4. The Morgan fingerprint density at radius 3 is 2.94 bits per heavy atom. The highest BCUT2D eigenvalue weighted by molar-refractivity contribution is 5.50. The van der Waals surface area contributed by atoms with Gasteiger partial charge in [-0.2, -0.15) is 5.10 Å². The van der Waals surface area contributed by atoms with Gasteiger partial charge in [0.2, 0.25) is 0 Å². The molecule has 0 unspecified atom stereocenters. The maximum absolute atomic E-state index is 4.33. The zero-order valence-corrected chi connectivity index (χ0v) is 10.4. The van der Waals surface area contributed by atoms with E-state index in [-0.39, 0.29) is 0 Å². The van der Waals surface area contributed by atoms with Crippen LogP contribution in [0.15, 0.2) is 18.0 Å². The van der Waals surface area contributed by atoms with Crippen molar-refractivity contribution in [2.45, 2.75) is 45.7 Å². The summed E-state index contributed by atoms with van der Waals surface area (Å²) in [4.78, 5) is 0. The lowest BCUT2D eigenvalue weighted by Crippen LogP contribution is -2.18. The summed E-state index contributed by atoms with van der Waals surface area (Å²) in [5.74, 6) is 0. The average Bonchev–Trinajstić information content (AvgIpc) is 2.95. The van der Waals surface area contributed by atoms with E-state index in [2.05, 4.69) is 43.5 Å². The van der Waals surface area contributed by atoms with Crippen molar-refractivity contribution >= 4 is 6.08 Å². The third kappa shape index (κ3) is 3.20. The Labute approximate surface area is 97.5 Å². The van der Waals surface area contributed by atoms with Crippen LogP contribution in [0.2, 0.25) is 0 Å². The molecule has 0 spiro atoms.